The largest absolute Gasteiger partial charge is 0.494 e. The molecule has 0 bridgehead atoms. The third kappa shape index (κ3) is 3.47. The molecule has 0 amide bonds. The first-order chi connectivity index (χ1) is 6.36. The molecule has 0 aliphatic carbocycles. The monoisotopic (exact) mass is 179 g/mol. The molecule has 0 saturated heterocycles. The molecule has 2 nitrogen and oxygen atoms in total. The highest BCUT2D eigenvalue weighted by Crippen LogP contribution is 2.12. The molecule has 0 aliphatic rings. The van der Waals surface area contributed by atoms with Crippen LogP contribution in [0.2, 0.25) is 0 Å². The normalized spacial score (nSPS) is 10.0. The zero-order chi connectivity index (χ0) is 9.52. The van der Waals surface area contributed by atoms with Crippen molar-refractivity contribution in [2.75, 3.05) is 13.2 Å². The fourth-order valence-electron chi connectivity index (χ4n) is 1.09. The predicted octanol–water partition coefficient (Wildman–Crippen LogP) is 2.45. The summed E-state index contributed by atoms with van der Waals surface area (Å²) in [4.78, 5) is 0. The molecule has 1 aromatic carbocycles. The molecule has 1 rings (SSSR count). The molecule has 0 aliphatic heterocycles. The van der Waals surface area contributed by atoms with Crippen LogP contribution < -0.4 is 4.74 Å². The minimum atomic E-state index is -0.0465. The van der Waals surface area contributed by atoms with Crippen LogP contribution in [0.4, 0.5) is 0 Å². The van der Waals surface area contributed by atoms with Gasteiger partial charge in [-0.05, 0) is 30.5 Å². The van der Waals surface area contributed by atoms with Crippen molar-refractivity contribution in [3.8, 4) is 5.75 Å². The van der Waals surface area contributed by atoms with Crippen LogP contribution in [0, 0.1) is 0 Å². The molecule has 0 atom stereocenters. The van der Waals surface area contributed by atoms with Crippen LogP contribution in [0.5, 0.6) is 5.75 Å². The van der Waals surface area contributed by atoms with E-state index in [1.54, 1.807) is 0 Å². The molecule has 0 aromatic heterocycles. The van der Waals surface area contributed by atoms with Gasteiger partial charge >= 0.3 is 0 Å². The Labute approximate surface area is 79.2 Å². The Morgan fingerprint density at radius 3 is 2.46 bits per heavy atom. The van der Waals surface area contributed by atoms with E-state index in [9.17, 15) is 5.11 Å². The summed E-state index contributed by atoms with van der Waals surface area (Å²) < 4.78 is 5.41. The fraction of sp³-hybridized carbons (Fsp3) is 0.455. The lowest BCUT2D eigenvalue weighted by Crippen LogP contribution is -1.95. The van der Waals surface area contributed by atoms with Crippen molar-refractivity contribution in [2.24, 2.45) is 0 Å². The van der Waals surface area contributed by atoms with E-state index in [2.05, 4.69) is 6.92 Å². The molecule has 0 N–H and O–H groups in total. The average molecular weight is 179 g/mol. The summed E-state index contributed by atoms with van der Waals surface area (Å²) in [6.07, 6.45) is 1.62. The van der Waals surface area contributed by atoms with Crippen LogP contribution in [0.15, 0.2) is 24.3 Å². The number of benzene rings is 1. The van der Waals surface area contributed by atoms with Crippen LogP contribution in [-0.2, 0) is 11.5 Å². The Balaban J connectivity index is 2.48. The summed E-state index contributed by atoms with van der Waals surface area (Å²) in [6, 6.07) is 7.73. The topological polar surface area (TPSA) is 29.1 Å². The molecular formula is C11H15O2. The van der Waals surface area contributed by atoms with Gasteiger partial charge in [-0.3, -0.25) is 0 Å². The maximum absolute atomic E-state index is 10.3. The third-order valence-corrected chi connectivity index (χ3v) is 1.79. The fourth-order valence-corrected chi connectivity index (χ4v) is 1.09. The van der Waals surface area contributed by atoms with Gasteiger partial charge in [-0.25, -0.2) is 5.11 Å². The molecule has 1 radical (unpaired) electrons. The Bertz CT molecular complexity index is 228. The highest BCUT2D eigenvalue weighted by atomic mass is 16.5. The van der Waals surface area contributed by atoms with E-state index in [1.807, 2.05) is 24.3 Å². The van der Waals surface area contributed by atoms with E-state index in [0.29, 0.717) is 6.42 Å². The van der Waals surface area contributed by atoms with Gasteiger partial charge in [0.05, 0.1) is 13.2 Å². The summed E-state index contributed by atoms with van der Waals surface area (Å²) in [5, 5.41) is 10.3. The summed E-state index contributed by atoms with van der Waals surface area (Å²) in [5.74, 6) is 0.886. The zero-order valence-electron chi connectivity index (χ0n) is 7.95. The van der Waals surface area contributed by atoms with Crippen molar-refractivity contribution in [2.45, 2.75) is 19.8 Å². The van der Waals surface area contributed by atoms with Gasteiger partial charge in [0, 0.05) is 0 Å². The Morgan fingerprint density at radius 1 is 1.23 bits per heavy atom. The summed E-state index contributed by atoms with van der Waals surface area (Å²) in [7, 11) is 0. The minimum Gasteiger partial charge on any atom is -0.494 e. The van der Waals surface area contributed by atoms with Crippen molar-refractivity contribution in [1.29, 1.82) is 0 Å². The molecule has 1 aromatic rings. The molecule has 0 unspecified atom stereocenters. The Hall–Kier alpha value is -1.02. The first-order valence-electron chi connectivity index (χ1n) is 4.66. The Kier molecular flexibility index (Phi) is 4.33. The van der Waals surface area contributed by atoms with E-state index in [-0.39, 0.29) is 6.61 Å². The molecule has 0 spiro atoms. The quantitative estimate of drug-likeness (QED) is 0.682. The van der Waals surface area contributed by atoms with Crippen LogP contribution in [0.1, 0.15) is 18.9 Å². The van der Waals surface area contributed by atoms with Gasteiger partial charge in [-0.15, -0.1) is 0 Å². The molecule has 71 valence electrons. The van der Waals surface area contributed by atoms with Crippen molar-refractivity contribution < 1.29 is 9.84 Å². The molecule has 0 saturated carbocycles. The van der Waals surface area contributed by atoms with E-state index >= 15 is 0 Å². The van der Waals surface area contributed by atoms with Crippen LogP contribution in [0.25, 0.3) is 0 Å². The van der Waals surface area contributed by atoms with Crippen molar-refractivity contribution >= 4 is 0 Å². The number of rotatable bonds is 5. The minimum absolute atomic E-state index is 0.0465. The van der Waals surface area contributed by atoms with Gasteiger partial charge in [0.2, 0.25) is 0 Å². The standard InChI is InChI=1S/C11H15O2/c1-2-9-13-11-5-3-10(4-6-11)7-8-12/h3-6H,2,7-9H2,1H3. The lowest BCUT2D eigenvalue weighted by molar-refractivity contribution is 0.197. The van der Waals surface area contributed by atoms with Gasteiger partial charge in [-0.2, -0.15) is 0 Å². The van der Waals surface area contributed by atoms with Gasteiger partial charge < -0.3 is 4.74 Å². The van der Waals surface area contributed by atoms with Crippen LogP contribution in [-0.4, -0.2) is 13.2 Å². The summed E-state index contributed by atoms with van der Waals surface area (Å²) >= 11 is 0. The average Bonchev–Trinajstić information content (AvgIpc) is 2.17. The van der Waals surface area contributed by atoms with E-state index in [4.69, 9.17) is 4.74 Å². The Morgan fingerprint density at radius 2 is 1.92 bits per heavy atom. The second-order valence-electron chi connectivity index (χ2n) is 2.95. The summed E-state index contributed by atoms with van der Waals surface area (Å²) in [6.45, 7) is 2.78. The second kappa shape index (κ2) is 5.60. The van der Waals surface area contributed by atoms with Gasteiger partial charge in [0.1, 0.15) is 5.75 Å². The smallest absolute Gasteiger partial charge is 0.119 e. The van der Waals surface area contributed by atoms with Crippen molar-refractivity contribution in [3.63, 3.8) is 0 Å². The highest BCUT2D eigenvalue weighted by Gasteiger charge is 1.94. The SMILES string of the molecule is CCCOc1ccc(CC[O])cc1. The molecule has 0 heterocycles. The predicted molar refractivity (Wildman–Crippen MR) is 51.5 cm³/mol. The van der Waals surface area contributed by atoms with E-state index < -0.39 is 0 Å². The first-order valence-corrected chi connectivity index (χ1v) is 4.66. The highest BCUT2D eigenvalue weighted by molar-refractivity contribution is 5.27. The van der Waals surface area contributed by atoms with E-state index in [0.717, 1.165) is 24.3 Å². The number of ether oxygens (including phenoxy) is 1. The maximum atomic E-state index is 10.3. The van der Waals surface area contributed by atoms with Crippen molar-refractivity contribution in [1.82, 2.24) is 0 Å². The number of hydrogen-bond acceptors (Lipinski definition) is 1. The second-order valence-corrected chi connectivity index (χ2v) is 2.95. The first kappa shape index (κ1) is 10.1. The maximum Gasteiger partial charge on any atom is 0.119 e. The van der Waals surface area contributed by atoms with Gasteiger partial charge in [0.15, 0.2) is 0 Å². The zero-order valence-corrected chi connectivity index (χ0v) is 7.95. The molecule has 13 heavy (non-hydrogen) atoms. The van der Waals surface area contributed by atoms with Gasteiger partial charge in [0.25, 0.3) is 0 Å². The van der Waals surface area contributed by atoms with Crippen LogP contribution >= 0.6 is 0 Å². The van der Waals surface area contributed by atoms with Crippen LogP contribution in [0.3, 0.4) is 0 Å². The number of hydrogen-bond donors (Lipinski definition) is 0. The molecular weight excluding hydrogens is 164 g/mol. The third-order valence-electron chi connectivity index (χ3n) is 1.79. The molecule has 0 fully saturated rings. The molecule has 2 heteroatoms. The lowest BCUT2D eigenvalue weighted by Gasteiger charge is -2.04. The lowest BCUT2D eigenvalue weighted by atomic mass is 10.1. The van der Waals surface area contributed by atoms with E-state index in [1.165, 1.54) is 0 Å². The summed E-state index contributed by atoms with van der Waals surface area (Å²) in [5.41, 5.74) is 1.08. The van der Waals surface area contributed by atoms with Crippen molar-refractivity contribution in [3.05, 3.63) is 29.8 Å². The van der Waals surface area contributed by atoms with Gasteiger partial charge in [-0.1, -0.05) is 19.1 Å².